The van der Waals surface area contributed by atoms with Crippen molar-refractivity contribution in [2.75, 3.05) is 0 Å². The van der Waals surface area contributed by atoms with Crippen LogP contribution in [0.15, 0.2) is 23.3 Å². The van der Waals surface area contributed by atoms with Crippen LogP contribution in [-0.2, 0) is 0 Å². The lowest BCUT2D eigenvalue weighted by Crippen LogP contribution is -2.19. The van der Waals surface area contributed by atoms with Crippen molar-refractivity contribution < 1.29 is 0 Å². The van der Waals surface area contributed by atoms with Crippen molar-refractivity contribution in [1.82, 2.24) is 0 Å². The van der Waals surface area contributed by atoms with E-state index in [1.807, 2.05) is 0 Å². The number of rotatable bonds is 4. The Morgan fingerprint density at radius 1 is 1.20 bits per heavy atom. The first-order valence-corrected chi connectivity index (χ1v) is 8.42. The molecule has 0 aromatic rings. The molecule has 2 atom stereocenters. The molecule has 0 heterocycles. The quantitative estimate of drug-likeness (QED) is 0.524. The Morgan fingerprint density at radius 3 is 2.30 bits per heavy atom. The van der Waals surface area contributed by atoms with Gasteiger partial charge < -0.3 is 6.42 Å². The van der Waals surface area contributed by atoms with Crippen LogP contribution in [0.25, 0.3) is 0 Å². The third-order valence-electron chi connectivity index (χ3n) is 5.60. The van der Waals surface area contributed by atoms with E-state index in [2.05, 4.69) is 67.0 Å². The maximum absolute atomic E-state index is 2.61. The lowest BCUT2D eigenvalue weighted by atomic mass is 9.74. The molecule has 2 aliphatic rings. The summed E-state index contributed by atoms with van der Waals surface area (Å²) >= 11 is 0. The summed E-state index contributed by atoms with van der Waals surface area (Å²) in [4.78, 5) is 0. The molecule has 0 bridgehead atoms. The summed E-state index contributed by atoms with van der Waals surface area (Å²) in [6.07, 6.45) is 12.8. The highest BCUT2D eigenvalue weighted by Gasteiger charge is 2.47. The summed E-state index contributed by atoms with van der Waals surface area (Å²) in [5.74, 6) is 0.850. The highest BCUT2D eigenvalue weighted by Crippen LogP contribution is 2.64. The van der Waals surface area contributed by atoms with Gasteiger partial charge in [-0.2, -0.15) is 5.41 Å². The van der Waals surface area contributed by atoms with Crippen molar-refractivity contribution in [3.63, 3.8) is 0 Å². The van der Waals surface area contributed by atoms with Crippen LogP contribution in [0.4, 0.5) is 0 Å². The average molecular weight is 273 g/mol. The molecule has 0 saturated heterocycles. The minimum Gasteiger partial charge on any atom is -0.313 e. The zero-order chi connectivity index (χ0) is 15.2. The minimum atomic E-state index is 0.314. The van der Waals surface area contributed by atoms with Gasteiger partial charge in [0.25, 0.3) is 0 Å². The number of hydrogen-bond acceptors (Lipinski definition) is 0. The van der Waals surface area contributed by atoms with Crippen LogP contribution >= 0.6 is 0 Å². The molecule has 2 unspecified atom stereocenters. The van der Waals surface area contributed by atoms with Crippen LogP contribution in [-0.4, -0.2) is 0 Å². The van der Waals surface area contributed by atoms with Gasteiger partial charge in [0.05, 0.1) is 0 Å². The zero-order valence-electron chi connectivity index (χ0n) is 14.6. The molecule has 0 amide bonds. The molecule has 114 valence electrons. The molecule has 0 radical (unpaired) electrons. The van der Waals surface area contributed by atoms with Gasteiger partial charge in [0.2, 0.25) is 0 Å². The topological polar surface area (TPSA) is 0 Å². The molecular weight excluding hydrogens is 240 g/mol. The van der Waals surface area contributed by atoms with Crippen molar-refractivity contribution in [2.24, 2.45) is 22.2 Å². The molecule has 0 nitrogen and oxygen atoms in total. The van der Waals surface area contributed by atoms with Crippen molar-refractivity contribution in [1.29, 1.82) is 0 Å². The molecule has 1 fully saturated rings. The number of fused-ring (bicyclic) bond motifs is 1. The summed E-state index contributed by atoms with van der Waals surface area (Å²) in [6.45, 7) is 16.4. The van der Waals surface area contributed by atoms with E-state index in [9.17, 15) is 0 Å². The molecule has 0 heteroatoms. The molecule has 0 spiro atoms. The van der Waals surface area contributed by atoms with Crippen LogP contribution < -0.4 is 0 Å². The third kappa shape index (κ3) is 3.05. The van der Waals surface area contributed by atoms with Crippen molar-refractivity contribution in [2.45, 2.75) is 74.1 Å². The summed E-state index contributed by atoms with van der Waals surface area (Å²) < 4.78 is 0. The summed E-state index contributed by atoms with van der Waals surface area (Å²) in [6, 6.07) is 0. The molecule has 0 aliphatic heterocycles. The Balaban J connectivity index is 2.23. The summed E-state index contributed by atoms with van der Waals surface area (Å²) in [5, 5.41) is 0. The number of hydrogen-bond donors (Lipinski definition) is 0. The molecule has 2 aliphatic carbocycles. The average Bonchev–Trinajstić information content (AvgIpc) is 2.97. The second-order valence-electron chi connectivity index (χ2n) is 8.55. The van der Waals surface area contributed by atoms with Gasteiger partial charge >= 0.3 is 0 Å². The first-order valence-electron chi connectivity index (χ1n) is 8.42. The van der Waals surface area contributed by atoms with Gasteiger partial charge in [0, 0.05) is 0 Å². The fourth-order valence-corrected chi connectivity index (χ4v) is 4.02. The van der Waals surface area contributed by atoms with Crippen molar-refractivity contribution >= 4 is 0 Å². The van der Waals surface area contributed by atoms with E-state index in [1.54, 1.807) is 5.57 Å². The largest absolute Gasteiger partial charge is 0.313 e. The Kier molecular flexibility index (Phi) is 4.00. The van der Waals surface area contributed by atoms with Crippen LogP contribution in [0.1, 0.15) is 74.1 Å². The standard InChI is InChI=1S/C20H33/c1-8-19(7,9-2)16-10-15(3)12-20(13-17(20)11-16)14-18(4,5)6/h10,12,14,17H,8-9,11,13H2,1-7H3/q-1. The van der Waals surface area contributed by atoms with Gasteiger partial charge in [-0.25, -0.2) is 0 Å². The van der Waals surface area contributed by atoms with Crippen LogP contribution in [0.5, 0.6) is 0 Å². The first kappa shape index (κ1) is 15.9. The molecule has 20 heavy (non-hydrogen) atoms. The molecule has 2 rings (SSSR count). The fourth-order valence-electron chi connectivity index (χ4n) is 4.02. The SMILES string of the molecule is CCC(C)(CC)C1=CC(C)=CC2([CH-]C(C)(C)C)CC2C1. The summed E-state index contributed by atoms with van der Waals surface area (Å²) in [5.41, 5.74) is 4.28. The lowest BCUT2D eigenvalue weighted by Gasteiger charge is -2.37. The van der Waals surface area contributed by atoms with E-state index in [0.717, 1.165) is 5.92 Å². The van der Waals surface area contributed by atoms with E-state index in [-0.39, 0.29) is 0 Å². The second-order valence-corrected chi connectivity index (χ2v) is 8.55. The second kappa shape index (κ2) is 5.04. The van der Waals surface area contributed by atoms with E-state index < -0.39 is 0 Å². The van der Waals surface area contributed by atoms with Gasteiger partial charge in [-0.1, -0.05) is 71.1 Å². The van der Waals surface area contributed by atoms with Gasteiger partial charge in [0.15, 0.2) is 0 Å². The van der Waals surface area contributed by atoms with E-state index >= 15 is 0 Å². The predicted molar refractivity (Wildman–Crippen MR) is 89.4 cm³/mol. The monoisotopic (exact) mass is 273 g/mol. The van der Waals surface area contributed by atoms with Gasteiger partial charge in [-0.3, -0.25) is 0 Å². The molecular formula is C20H33-. The smallest absolute Gasteiger partial charge is 0.0118 e. The van der Waals surface area contributed by atoms with Crippen LogP contribution in [0.2, 0.25) is 0 Å². The number of allylic oxidation sites excluding steroid dienone is 4. The summed E-state index contributed by atoms with van der Waals surface area (Å²) in [7, 11) is 0. The fraction of sp³-hybridized carbons (Fsp3) is 0.750. The maximum atomic E-state index is 2.61. The molecule has 0 aromatic heterocycles. The van der Waals surface area contributed by atoms with E-state index in [4.69, 9.17) is 0 Å². The zero-order valence-corrected chi connectivity index (χ0v) is 14.6. The van der Waals surface area contributed by atoms with E-state index in [1.165, 1.54) is 31.3 Å². The normalized spacial score (nSPS) is 30.2. The Bertz CT molecular complexity index is 425. The van der Waals surface area contributed by atoms with Crippen molar-refractivity contribution in [3.8, 4) is 0 Å². The van der Waals surface area contributed by atoms with Gasteiger partial charge in [-0.05, 0) is 31.6 Å². The minimum absolute atomic E-state index is 0.314. The van der Waals surface area contributed by atoms with Crippen LogP contribution in [0.3, 0.4) is 0 Å². The van der Waals surface area contributed by atoms with Gasteiger partial charge in [0.1, 0.15) is 0 Å². The highest BCUT2D eigenvalue weighted by atomic mass is 14.6. The van der Waals surface area contributed by atoms with Crippen LogP contribution in [0, 0.1) is 28.6 Å². The molecule has 0 aromatic carbocycles. The maximum Gasteiger partial charge on any atom is -0.0118 e. The third-order valence-corrected chi connectivity index (χ3v) is 5.60. The van der Waals surface area contributed by atoms with Gasteiger partial charge in [-0.15, -0.1) is 11.5 Å². The molecule has 0 N–H and O–H groups in total. The lowest BCUT2D eigenvalue weighted by molar-refractivity contribution is 0.345. The predicted octanol–water partition coefficient (Wildman–Crippen LogP) is 6.35. The Morgan fingerprint density at radius 2 is 1.80 bits per heavy atom. The Labute approximate surface area is 126 Å². The van der Waals surface area contributed by atoms with Crippen molar-refractivity contribution in [3.05, 3.63) is 29.7 Å². The van der Waals surface area contributed by atoms with E-state index in [0.29, 0.717) is 16.2 Å². The highest BCUT2D eigenvalue weighted by molar-refractivity contribution is 5.38. The first-order chi connectivity index (χ1) is 9.14. The molecule has 1 saturated carbocycles. The Hall–Kier alpha value is -0.520.